The fourth-order valence-corrected chi connectivity index (χ4v) is 6.41. The Morgan fingerprint density at radius 1 is 0.617 bits per heavy atom. The molecule has 0 aromatic carbocycles. The molecule has 0 amide bonds. The highest BCUT2D eigenvalue weighted by Crippen LogP contribution is 2.43. The normalized spacial score (nSPS) is 16.1. The fourth-order valence-electron chi connectivity index (χ4n) is 5.62. The van der Waals surface area contributed by atoms with Gasteiger partial charge in [0.05, 0.1) is 38.1 Å². The number of aliphatic hydroxyl groups is 5. The first-order valence-electron chi connectivity index (χ1n) is 22.2. The Labute approximate surface area is 360 Å². The summed E-state index contributed by atoms with van der Waals surface area (Å²) in [6, 6.07) is 0. The summed E-state index contributed by atoms with van der Waals surface area (Å²) < 4.78 is 32.5. The van der Waals surface area contributed by atoms with E-state index in [-0.39, 0.29) is 25.7 Å². The summed E-state index contributed by atoms with van der Waals surface area (Å²) in [7, 11) is -4.71. The molecule has 60 heavy (non-hydrogen) atoms. The van der Waals surface area contributed by atoms with E-state index in [0.717, 1.165) is 38.5 Å². The van der Waals surface area contributed by atoms with E-state index in [2.05, 4.69) is 23.6 Å². The van der Waals surface area contributed by atoms with Crippen molar-refractivity contribution in [2.45, 2.75) is 179 Å². The number of rotatable bonds is 40. The van der Waals surface area contributed by atoms with Crippen LogP contribution < -0.4 is 0 Å². The summed E-state index contributed by atoms with van der Waals surface area (Å²) in [5.41, 5.74) is 0. The molecule has 0 rings (SSSR count). The highest BCUT2D eigenvalue weighted by Gasteiger charge is 2.27. The third-order valence-corrected chi connectivity index (χ3v) is 10.1. The lowest BCUT2D eigenvalue weighted by atomic mass is 10.1. The smallest absolute Gasteiger partial charge is 0.462 e. The topological polar surface area (TPSA) is 210 Å². The van der Waals surface area contributed by atoms with Gasteiger partial charge < -0.3 is 39.9 Å². The van der Waals surface area contributed by atoms with Crippen molar-refractivity contribution >= 4 is 19.8 Å². The number of carbonyl (C=O) groups excluding carboxylic acids is 2. The average molecular weight is 871 g/mol. The minimum absolute atomic E-state index is 0.0910. The molecule has 6 N–H and O–H groups in total. The molecule has 0 aromatic rings. The van der Waals surface area contributed by atoms with Crippen LogP contribution in [-0.2, 0) is 32.7 Å². The summed E-state index contributed by atoms with van der Waals surface area (Å²) in [5, 5.41) is 48.7. The SMILES string of the molecule is CC/C=C\C[C@@H](O)/C=C/C=C/C=C\C=C/[C@H](O)[C@@H](O)CCCC(=O)OC[C@H](COP(=O)(O)OC[C@@H](O)CO)OC(=O)CCCCCCCCC/C=C\CCCCCCCC. The Morgan fingerprint density at radius 3 is 1.78 bits per heavy atom. The van der Waals surface area contributed by atoms with Gasteiger partial charge in [0.15, 0.2) is 6.10 Å². The van der Waals surface area contributed by atoms with Crippen molar-refractivity contribution in [1.82, 2.24) is 0 Å². The molecule has 0 saturated heterocycles. The number of hydrogen-bond donors (Lipinski definition) is 6. The lowest BCUT2D eigenvalue weighted by Gasteiger charge is -2.20. The van der Waals surface area contributed by atoms with Crippen LogP contribution in [0.5, 0.6) is 0 Å². The third kappa shape index (κ3) is 38.2. The average Bonchev–Trinajstić information content (AvgIpc) is 3.22. The maximum atomic E-state index is 12.6. The molecule has 0 heterocycles. The van der Waals surface area contributed by atoms with E-state index in [1.807, 2.05) is 19.1 Å². The Bertz CT molecular complexity index is 1280. The van der Waals surface area contributed by atoms with E-state index >= 15 is 0 Å². The van der Waals surface area contributed by atoms with Gasteiger partial charge in [-0.2, -0.15) is 0 Å². The lowest BCUT2D eigenvalue weighted by molar-refractivity contribution is -0.161. The van der Waals surface area contributed by atoms with Crippen molar-refractivity contribution < 1.29 is 63.1 Å². The number of phosphoric acid groups is 1. The second-order valence-corrected chi connectivity index (χ2v) is 16.4. The molecule has 0 aliphatic heterocycles. The monoisotopic (exact) mass is 871 g/mol. The number of allylic oxidation sites excluding steroid dienone is 9. The summed E-state index contributed by atoms with van der Waals surface area (Å²) in [6.07, 6.45) is 35.2. The van der Waals surface area contributed by atoms with Crippen LogP contribution >= 0.6 is 7.82 Å². The highest BCUT2D eigenvalue weighted by molar-refractivity contribution is 7.47. The van der Waals surface area contributed by atoms with Crippen molar-refractivity contribution in [2.75, 3.05) is 26.4 Å². The van der Waals surface area contributed by atoms with Gasteiger partial charge in [-0.1, -0.05) is 151 Å². The fraction of sp³-hybridized carbons (Fsp3) is 0.696. The highest BCUT2D eigenvalue weighted by atomic mass is 31.2. The number of hydrogen-bond acceptors (Lipinski definition) is 12. The van der Waals surface area contributed by atoms with Crippen molar-refractivity contribution in [1.29, 1.82) is 0 Å². The second kappa shape index (κ2) is 40.4. The molecule has 0 aliphatic carbocycles. The zero-order chi connectivity index (χ0) is 44.5. The summed E-state index contributed by atoms with van der Waals surface area (Å²) in [4.78, 5) is 35.1. The molecule has 0 spiro atoms. The van der Waals surface area contributed by atoms with E-state index in [9.17, 15) is 39.5 Å². The number of phosphoric ester groups is 1. The molecule has 13 nitrogen and oxygen atoms in total. The molecular formula is C46H79O13P. The Kier molecular flexibility index (Phi) is 38.5. The second-order valence-electron chi connectivity index (χ2n) is 14.9. The minimum Gasteiger partial charge on any atom is -0.462 e. The molecule has 346 valence electrons. The van der Waals surface area contributed by atoms with Gasteiger partial charge in [0, 0.05) is 12.8 Å². The Balaban J connectivity index is 4.61. The van der Waals surface area contributed by atoms with Crippen LogP contribution in [0, 0.1) is 0 Å². The predicted octanol–water partition coefficient (Wildman–Crippen LogP) is 8.58. The molecular weight excluding hydrogens is 791 g/mol. The molecule has 0 radical (unpaired) electrons. The quantitative estimate of drug-likeness (QED) is 0.0112. The Morgan fingerprint density at radius 2 is 1.17 bits per heavy atom. The van der Waals surface area contributed by atoms with Crippen LogP contribution in [0.15, 0.2) is 72.9 Å². The summed E-state index contributed by atoms with van der Waals surface area (Å²) in [5.74, 6) is -1.27. The number of unbranched alkanes of at least 4 members (excludes halogenated alkanes) is 13. The predicted molar refractivity (Wildman–Crippen MR) is 237 cm³/mol. The van der Waals surface area contributed by atoms with Crippen molar-refractivity contribution in [2.24, 2.45) is 0 Å². The van der Waals surface area contributed by atoms with Crippen molar-refractivity contribution in [3.63, 3.8) is 0 Å². The van der Waals surface area contributed by atoms with Crippen LogP contribution in [0.2, 0.25) is 0 Å². The molecule has 6 atom stereocenters. The lowest BCUT2D eigenvalue weighted by Crippen LogP contribution is -2.30. The van der Waals surface area contributed by atoms with E-state index in [0.29, 0.717) is 12.8 Å². The first-order valence-corrected chi connectivity index (χ1v) is 23.7. The molecule has 1 unspecified atom stereocenters. The van der Waals surface area contributed by atoms with E-state index in [1.54, 1.807) is 42.5 Å². The van der Waals surface area contributed by atoms with Crippen LogP contribution in [0.1, 0.15) is 149 Å². The molecule has 0 aliphatic rings. The van der Waals surface area contributed by atoms with Gasteiger partial charge in [0.1, 0.15) is 12.7 Å². The number of ether oxygens (including phenoxy) is 2. The van der Waals surface area contributed by atoms with Gasteiger partial charge in [-0.25, -0.2) is 4.57 Å². The van der Waals surface area contributed by atoms with Crippen molar-refractivity contribution in [3.8, 4) is 0 Å². The van der Waals surface area contributed by atoms with Gasteiger partial charge >= 0.3 is 19.8 Å². The standard InChI is InChI=1S/C46H79O13P/c1-3-5-7-8-9-10-11-12-13-14-15-16-17-18-19-24-28-34-46(53)59-42(39-58-60(54,55)57-37-41(49)36-47)38-56-45(52)35-29-33-44(51)43(50)32-27-23-21-20-22-26-31-40(48)30-25-6-4-2/h6,12-13,20-23,25-27,31-32,40-44,47-51H,3-5,7-11,14-19,24,28-30,33-39H2,1-2H3,(H,54,55)/b13-12-,22-20+,23-21-,25-6-,31-26+,32-27-/t40-,41+,42-,43+,44+/m1/s1. The first-order chi connectivity index (χ1) is 28.9. The van der Waals surface area contributed by atoms with E-state index in [1.165, 1.54) is 63.9 Å². The largest absolute Gasteiger partial charge is 0.472 e. The number of esters is 2. The van der Waals surface area contributed by atoms with Crippen LogP contribution in [-0.4, -0.2) is 99.3 Å². The molecule has 0 saturated carbocycles. The van der Waals surface area contributed by atoms with Crippen LogP contribution in [0.3, 0.4) is 0 Å². The zero-order valence-electron chi connectivity index (χ0n) is 36.5. The van der Waals surface area contributed by atoms with Gasteiger partial charge in [-0.05, 0) is 57.8 Å². The summed E-state index contributed by atoms with van der Waals surface area (Å²) >= 11 is 0. The zero-order valence-corrected chi connectivity index (χ0v) is 37.4. The van der Waals surface area contributed by atoms with Crippen LogP contribution in [0.25, 0.3) is 0 Å². The molecule has 0 bridgehead atoms. The Hall–Kier alpha value is -2.71. The first kappa shape index (κ1) is 57.3. The maximum Gasteiger partial charge on any atom is 0.472 e. The van der Waals surface area contributed by atoms with Crippen LogP contribution in [0.4, 0.5) is 0 Å². The number of carbonyl (C=O) groups is 2. The maximum absolute atomic E-state index is 12.6. The number of aliphatic hydroxyl groups excluding tert-OH is 5. The van der Waals surface area contributed by atoms with Gasteiger partial charge in [-0.15, -0.1) is 0 Å². The summed E-state index contributed by atoms with van der Waals surface area (Å²) in [6.45, 7) is 1.78. The molecule has 0 aromatic heterocycles. The molecule has 14 heteroatoms. The minimum atomic E-state index is -4.71. The van der Waals surface area contributed by atoms with Gasteiger partial charge in [0.25, 0.3) is 0 Å². The van der Waals surface area contributed by atoms with E-state index in [4.69, 9.17) is 19.1 Å². The third-order valence-electron chi connectivity index (χ3n) is 9.19. The van der Waals surface area contributed by atoms with Crippen molar-refractivity contribution in [3.05, 3.63) is 72.9 Å². The van der Waals surface area contributed by atoms with E-state index < -0.39 is 76.7 Å². The van der Waals surface area contributed by atoms with Gasteiger partial charge in [-0.3, -0.25) is 18.6 Å². The van der Waals surface area contributed by atoms with Gasteiger partial charge in [0.2, 0.25) is 0 Å². The molecule has 0 fully saturated rings.